The average Bonchev–Trinajstić information content (AvgIpc) is 3.20. The predicted molar refractivity (Wildman–Crippen MR) is 83.2 cm³/mol. The van der Waals surface area contributed by atoms with Crippen LogP contribution >= 0.6 is 27.7 Å². The molecule has 0 unspecified atom stereocenters. The van der Waals surface area contributed by atoms with Crippen LogP contribution in [0.2, 0.25) is 0 Å². The van der Waals surface area contributed by atoms with Crippen molar-refractivity contribution < 1.29 is 9.53 Å². The molecule has 2 amide bonds. The topological polar surface area (TPSA) is 50.4 Å². The first kappa shape index (κ1) is 14.5. The normalized spacial score (nSPS) is 15.7. The molecule has 19 heavy (non-hydrogen) atoms. The zero-order valence-electron chi connectivity index (χ0n) is 11.0. The minimum atomic E-state index is -0.186. The highest BCUT2D eigenvalue weighted by atomic mass is 79.9. The smallest absolute Gasteiger partial charge is 0.319 e. The molecule has 0 aliphatic heterocycles. The lowest BCUT2D eigenvalue weighted by molar-refractivity contribution is 0.252. The van der Waals surface area contributed by atoms with Gasteiger partial charge in [-0.05, 0) is 47.2 Å². The zero-order valence-corrected chi connectivity index (χ0v) is 13.4. The summed E-state index contributed by atoms with van der Waals surface area (Å²) in [5.74, 6) is 0.695. The van der Waals surface area contributed by atoms with E-state index in [1.54, 1.807) is 7.11 Å². The summed E-state index contributed by atoms with van der Waals surface area (Å²) in [7, 11) is 1.60. The van der Waals surface area contributed by atoms with Gasteiger partial charge in [-0.3, -0.25) is 0 Å². The number of ether oxygens (including phenoxy) is 1. The molecular formula is C13H17BrN2O2S. The molecule has 104 valence electrons. The molecule has 0 heterocycles. The van der Waals surface area contributed by atoms with Crippen LogP contribution in [0.25, 0.3) is 0 Å². The molecule has 0 bridgehead atoms. The van der Waals surface area contributed by atoms with E-state index >= 15 is 0 Å². The minimum absolute atomic E-state index is 0.186. The summed E-state index contributed by atoms with van der Waals surface area (Å²) >= 11 is 5.24. The van der Waals surface area contributed by atoms with E-state index in [9.17, 15) is 4.79 Å². The number of carbonyl (C=O) groups is 1. The van der Waals surface area contributed by atoms with Gasteiger partial charge in [0.15, 0.2) is 0 Å². The maximum atomic E-state index is 11.9. The fourth-order valence-corrected chi connectivity index (χ4v) is 3.02. The largest absolute Gasteiger partial charge is 0.495 e. The standard InChI is InChI=1S/C13H17BrN2O2S/c1-18-10-5-3-4-9(11(10)14)16-12(17)15-8-13(19-2)6-7-13/h3-5H,6-8H2,1-2H3,(H2,15,16,17). The molecule has 1 saturated carbocycles. The number of halogens is 1. The van der Waals surface area contributed by atoms with Crippen LogP contribution in [-0.2, 0) is 0 Å². The number of thioether (sulfide) groups is 1. The average molecular weight is 345 g/mol. The number of hydrogen-bond donors (Lipinski definition) is 2. The Morgan fingerprint density at radius 2 is 2.26 bits per heavy atom. The van der Waals surface area contributed by atoms with Gasteiger partial charge in [-0.25, -0.2) is 4.79 Å². The van der Waals surface area contributed by atoms with Crippen molar-refractivity contribution in [2.75, 3.05) is 25.2 Å². The Morgan fingerprint density at radius 1 is 1.53 bits per heavy atom. The molecule has 1 aliphatic rings. The van der Waals surface area contributed by atoms with E-state index in [-0.39, 0.29) is 10.8 Å². The molecule has 1 aromatic rings. The number of urea groups is 1. The van der Waals surface area contributed by atoms with Crippen LogP contribution in [0, 0.1) is 0 Å². The van der Waals surface area contributed by atoms with Gasteiger partial charge in [0.1, 0.15) is 5.75 Å². The van der Waals surface area contributed by atoms with Crippen LogP contribution in [0.15, 0.2) is 22.7 Å². The second kappa shape index (κ2) is 6.05. The number of amides is 2. The molecule has 0 spiro atoms. The number of carbonyl (C=O) groups excluding carboxylic acids is 1. The van der Waals surface area contributed by atoms with E-state index in [1.807, 2.05) is 30.0 Å². The van der Waals surface area contributed by atoms with Crippen LogP contribution in [-0.4, -0.2) is 30.7 Å². The van der Waals surface area contributed by atoms with Gasteiger partial charge in [-0.1, -0.05) is 6.07 Å². The van der Waals surface area contributed by atoms with Gasteiger partial charge in [-0.15, -0.1) is 0 Å². The molecule has 0 radical (unpaired) electrons. The van der Waals surface area contributed by atoms with Gasteiger partial charge in [0.25, 0.3) is 0 Å². The molecule has 1 aromatic carbocycles. The van der Waals surface area contributed by atoms with Gasteiger partial charge < -0.3 is 15.4 Å². The third-order valence-corrected chi connectivity index (χ3v) is 5.48. The van der Waals surface area contributed by atoms with Crippen molar-refractivity contribution in [3.05, 3.63) is 22.7 Å². The fraction of sp³-hybridized carbons (Fsp3) is 0.462. The number of nitrogens with one attached hydrogen (secondary N) is 2. The van der Waals surface area contributed by atoms with Crippen molar-refractivity contribution in [2.24, 2.45) is 0 Å². The summed E-state index contributed by atoms with van der Waals surface area (Å²) in [6.45, 7) is 0.710. The van der Waals surface area contributed by atoms with E-state index < -0.39 is 0 Å². The van der Waals surface area contributed by atoms with Crippen LogP contribution in [0.3, 0.4) is 0 Å². The number of hydrogen-bond acceptors (Lipinski definition) is 3. The quantitative estimate of drug-likeness (QED) is 0.859. The summed E-state index contributed by atoms with van der Waals surface area (Å²) < 4.78 is 6.20. The lowest BCUT2D eigenvalue weighted by atomic mass is 10.3. The molecular weight excluding hydrogens is 328 g/mol. The van der Waals surface area contributed by atoms with E-state index in [0.717, 1.165) is 4.47 Å². The minimum Gasteiger partial charge on any atom is -0.495 e. The Morgan fingerprint density at radius 3 is 2.84 bits per heavy atom. The van der Waals surface area contributed by atoms with Gasteiger partial charge >= 0.3 is 6.03 Å². The van der Waals surface area contributed by atoms with Crippen molar-refractivity contribution in [3.63, 3.8) is 0 Å². The van der Waals surface area contributed by atoms with Crippen LogP contribution in [0.1, 0.15) is 12.8 Å². The summed E-state index contributed by atoms with van der Waals surface area (Å²) in [6.07, 6.45) is 4.44. The molecule has 0 aromatic heterocycles. The first-order valence-electron chi connectivity index (χ1n) is 6.03. The molecule has 2 N–H and O–H groups in total. The Labute approximate surface area is 125 Å². The third kappa shape index (κ3) is 3.57. The summed E-state index contributed by atoms with van der Waals surface area (Å²) in [5, 5.41) is 5.74. The highest BCUT2D eigenvalue weighted by Crippen LogP contribution is 2.46. The Bertz CT molecular complexity index is 478. The van der Waals surface area contributed by atoms with Gasteiger partial charge in [0, 0.05) is 11.3 Å². The number of rotatable bonds is 5. The lowest BCUT2D eigenvalue weighted by Gasteiger charge is -2.15. The molecule has 6 heteroatoms. The second-order valence-electron chi connectivity index (χ2n) is 4.52. The first-order chi connectivity index (χ1) is 9.10. The highest BCUT2D eigenvalue weighted by molar-refractivity contribution is 9.10. The van der Waals surface area contributed by atoms with E-state index in [2.05, 4.69) is 32.8 Å². The summed E-state index contributed by atoms with van der Waals surface area (Å²) in [5.41, 5.74) is 0.700. The molecule has 1 fully saturated rings. The van der Waals surface area contributed by atoms with Gasteiger partial charge in [0.2, 0.25) is 0 Å². The maximum Gasteiger partial charge on any atom is 0.319 e. The van der Waals surface area contributed by atoms with Crippen molar-refractivity contribution in [3.8, 4) is 5.75 Å². The Balaban J connectivity index is 1.92. The molecule has 0 atom stereocenters. The van der Waals surface area contributed by atoms with Crippen molar-refractivity contribution >= 4 is 39.4 Å². The number of benzene rings is 1. The number of methoxy groups -OCH3 is 1. The van der Waals surface area contributed by atoms with E-state index in [0.29, 0.717) is 18.0 Å². The van der Waals surface area contributed by atoms with E-state index in [1.165, 1.54) is 12.8 Å². The molecule has 4 nitrogen and oxygen atoms in total. The zero-order chi connectivity index (χ0) is 13.9. The van der Waals surface area contributed by atoms with Crippen LogP contribution < -0.4 is 15.4 Å². The molecule has 0 saturated heterocycles. The monoisotopic (exact) mass is 344 g/mol. The second-order valence-corrected chi connectivity index (χ2v) is 6.58. The summed E-state index contributed by atoms with van der Waals surface area (Å²) in [6, 6.07) is 5.31. The molecule has 1 aliphatic carbocycles. The molecule has 2 rings (SSSR count). The third-order valence-electron chi connectivity index (χ3n) is 3.24. The Kier molecular flexibility index (Phi) is 4.62. The van der Waals surface area contributed by atoms with Crippen LogP contribution in [0.4, 0.5) is 10.5 Å². The van der Waals surface area contributed by atoms with Crippen molar-refractivity contribution in [1.82, 2.24) is 5.32 Å². The predicted octanol–water partition coefficient (Wildman–Crippen LogP) is 3.47. The highest BCUT2D eigenvalue weighted by Gasteiger charge is 2.41. The Hall–Kier alpha value is -0.880. The SMILES string of the molecule is COc1cccc(NC(=O)NCC2(SC)CC2)c1Br. The van der Waals surface area contributed by atoms with E-state index in [4.69, 9.17) is 4.74 Å². The maximum absolute atomic E-state index is 11.9. The fourth-order valence-electron chi connectivity index (χ4n) is 1.77. The van der Waals surface area contributed by atoms with Crippen molar-refractivity contribution in [2.45, 2.75) is 17.6 Å². The van der Waals surface area contributed by atoms with Crippen molar-refractivity contribution in [1.29, 1.82) is 0 Å². The van der Waals surface area contributed by atoms with Gasteiger partial charge in [0.05, 0.1) is 17.3 Å². The first-order valence-corrected chi connectivity index (χ1v) is 8.04. The van der Waals surface area contributed by atoms with Gasteiger partial charge in [-0.2, -0.15) is 11.8 Å². The lowest BCUT2D eigenvalue weighted by Crippen LogP contribution is -2.35. The number of anilines is 1. The van der Waals surface area contributed by atoms with Crippen LogP contribution in [0.5, 0.6) is 5.75 Å². The summed E-state index contributed by atoms with van der Waals surface area (Å²) in [4.78, 5) is 11.9.